The molecule has 0 unspecified atom stereocenters. The van der Waals surface area contributed by atoms with Crippen LogP contribution in [0.2, 0.25) is 26.2 Å². The van der Waals surface area contributed by atoms with Crippen molar-refractivity contribution in [2.45, 2.75) is 33.0 Å². The number of hydrogen-bond donors (Lipinski definition) is 0. The van der Waals surface area contributed by atoms with Crippen molar-refractivity contribution in [1.29, 1.82) is 5.26 Å². The summed E-state index contributed by atoms with van der Waals surface area (Å²) in [6, 6.07) is 30.1. The molecule has 0 fully saturated rings. The van der Waals surface area contributed by atoms with E-state index >= 15 is 0 Å². The van der Waals surface area contributed by atoms with Crippen molar-refractivity contribution >= 4 is 58.8 Å². The van der Waals surface area contributed by atoms with Gasteiger partial charge in [0.1, 0.15) is 31.4 Å². The number of hydrogen-bond acceptors (Lipinski definition) is 2. The number of aryl methyl sites for hydroxylation is 1. The first-order valence-corrected chi connectivity index (χ1v) is 19.8. The van der Waals surface area contributed by atoms with Crippen molar-refractivity contribution < 1.29 is 17.3 Å². The number of halogens is 2. The second-order valence-electron chi connectivity index (χ2n) is 11.9. The molecule has 0 aliphatic carbocycles. The summed E-state index contributed by atoms with van der Waals surface area (Å²) in [5.74, 6) is -0.820. The van der Waals surface area contributed by atoms with Crippen LogP contribution >= 0.6 is 0 Å². The molecule has 6 aromatic rings. The molecule has 0 atom stereocenters. The van der Waals surface area contributed by atoms with Gasteiger partial charge in [-0.2, -0.15) is 5.26 Å². The zero-order valence-electron chi connectivity index (χ0n) is 26.8. The van der Waals surface area contributed by atoms with Crippen molar-refractivity contribution in [2.24, 2.45) is 0 Å². The Kier molecular flexibility index (Phi) is 5.90. The molecule has 0 amide bonds. The van der Waals surface area contributed by atoms with E-state index in [0.717, 1.165) is 21.5 Å². The lowest BCUT2D eigenvalue weighted by Gasteiger charge is -2.30. The number of benzene rings is 5. The van der Waals surface area contributed by atoms with Gasteiger partial charge in [0.2, 0.25) is 0 Å². The molecule has 0 radical (unpaired) electrons. The molecule has 0 N–H and O–H groups in total. The molecule has 0 spiro atoms. The van der Waals surface area contributed by atoms with Gasteiger partial charge in [0, 0.05) is 20.4 Å². The van der Waals surface area contributed by atoms with Gasteiger partial charge in [-0.05, 0) is 52.2 Å². The molecular formula is C36H31F2NOSi2. The van der Waals surface area contributed by atoms with E-state index in [9.17, 15) is 14.0 Å². The van der Waals surface area contributed by atoms with Crippen LogP contribution in [0.3, 0.4) is 0 Å². The van der Waals surface area contributed by atoms with Crippen molar-refractivity contribution in [3.05, 3.63) is 120 Å². The molecule has 1 heterocycles. The minimum Gasteiger partial charge on any atom is -0.454 e. The Hall–Kier alpha value is -4.32. The quantitative estimate of drug-likeness (QED) is 0.155. The fourth-order valence-corrected chi connectivity index (χ4v) is 11.3. The van der Waals surface area contributed by atoms with E-state index in [-0.39, 0.29) is 0 Å². The monoisotopic (exact) mass is 590 g/mol. The number of rotatable bonds is 5. The maximum Gasteiger partial charge on any atom is 0.153 e. The number of furan rings is 1. The van der Waals surface area contributed by atoms with Crippen LogP contribution < -0.4 is 20.7 Å². The Morgan fingerprint density at radius 1 is 0.714 bits per heavy atom. The van der Waals surface area contributed by atoms with E-state index in [0.29, 0.717) is 43.4 Å². The summed E-state index contributed by atoms with van der Waals surface area (Å²) in [5, 5.41) is 15.1. The summed E-state index contributed by atoms with van der Waals surface area (Å²) in [6.07, 6.45) is 0. The summed E-state index contributed by atoms with van der Waals surface area (Å²) in [4.78, 5) is 0. The van der Waals surface area contributed by atoms with Gasteiger partial charge in [0.05, 0.1) is 13.6 Å². The summed E-state index contributed by atoms with van der Waals surface area (Å²) < 4.78 is 60.6. The predicted molar refractivity (Wildman–Crippen MR) is 175 cm³/mol. The largest absolute Gasteiger partial charge is 0.454 e. The van der Waals surface area contributed by atoms with Crippen molar-refractivity contribution in [3.8, 4) is 17.2 Å². The molecule has 42 heavy (non-hydrogen) atoms. The molecule has 0 bridgehead atoms. The van der Waals surface area contributed by atoms with E-state index in [4.69, 9.17) is 8.53 Å². The first-order valence-electron chi connectivity index (χ1n) is 15.3. The smallest absolute Gasteiger partial charge is 0.153 e. The van der Waals surface area contributed by atoms with Gasteiger partial charge in [-0.3, -0.25) is 0 Å². The Labute approximate surface area is 251 Å². The minimum absolute atomic E-state index is 0.314. The van der Waals surface area contributed by atoms with Crippen LogP contribution in [-0.4, -0.2) is 16.1 Å². The molecule has 0 saturated heterocycles. The maximum absolute atomic E-state index is 14.6. The average Bonchev–Trinajstić information content (AvgIpc) is 3.38. The molecule has 5 aromatic carbocycles. The second-order valence-corrected chi connectivity index (χ2v) is 20.9. The van der Waals surface area contributed by atoms with E-state index in [1.165, 1.54) is 24.3 Å². The predicted octanol–water partition coefficient (Wildman–Crippen LogP) is 7.36. The van der Waals surface area contributed by atoms with E-state index in [1.54, 1.807) is 18.2 Å². The van der Waals surface area contributed by atoms with Crippen molar-refractivity contribution in [3.63, 3.8) is 0 Å². The molecule has 0 aliphatic rings. The first kappa shape index (κ1) is 24.3. The lowest BCUT2D eigenvalue weighted by molar-refractivity contribution is 0.629. The van der Waals surface area contributed by atoms with Gasteiger partial charge in [0.25, 0.3) is 0 Å². The number of nitriles is 1. The number of fused-ring (bicyclic) bond motifs is 3. The van der Waals surface area contributed by atoms with Crippen LogP contribution in [0.1, 0.15) is 15.2 Å². The van der Waals surface area contributed by atoms with E-state index in [2.05, 4.69) is 25.7 Å². The van der Waals surface area contributed by atoms with Crippen LogP contribution in [0, 0.1) is 29.8 Å². The second kappa shape index (κ2) is 10.2. The van der Waals surface area contributed by atoms with Crippen molar-refractivity contribution in [1.82, 2.24) is 0 Å². The molecule has 0 saturated carbocycles. The van der Waals surface area contributed by atoms with E-state index in [1.807, 2.05) is 61.1 Å². The third kappa shape index (κ3) is 4.50. The SMILES string of the molecule is [2H]C([2H])([2H])c1cc(-c2cccc3c2oc2c(C#N)c([Si](C)(c4cccc(F)c4)c4cccc(F)c4)ccc23)ccc1[Si](C)(C)C. The van der Waals surface area contributed by atoms with Gasteiger partial charge >= 0.3 is 0 Å². The lowest BCUT2D eigenvalue weighted by Crippen LogP contribution is -2.65. The Balaban J connectivity index is 1.63. The Morgan fingerprint density at radius 3 is 1.93 bits per heavy atom. The Morgan fingerprint density at radius 2 is 1.33 bits per heavy atom. The van der Waals surface area contributed by atoms with E-state index < -0.39 is 34.6 Å². The zero-order valence-corrected chi connectivity index (χ0v) is 25.8. The van der Waals surface area contributed by atoms with Gasteiger partial charge in [-0.15, -0.1) is 0 Å². The summed E-state index contributed by atoms with van der Waals surface area (Å²) >= 11 is 0. The molecule has 6 heteroatoms. The Bertz CT molecular complexity index is 2110. The summed E-state index contributed by atoms with van der Waals surface area (Å²) in [5.41, 5.74) is 3.02. The highest BCUT2D eigenvalue weighted by atomic mass is 28.3. The third-order valence-electron chi connectivity index (χ3n) is 8.26. The highest BCUT2D eigenvalue weighted by Gasteiger charge is 2.38. The minimum atomic E-state index is -3.12. The van der Waals surface area contributed by atoms with Crippen LogP contribution in [-0.2, 0) is 0 Å². The molecule has 1 aromatic heterocycles. The van der Waals surface area contributed by atoms with Gasteiger partial charge in [-0.25, -0.2) is 8.78 Å². The molecule has 208 valence electrons. The van der Waals surface area contributed by atoms with Crippen LogP contribution in [0.4, 0.5) is 8.78 Å². The van der Waals surface area contributed by atoms with Crippen LogP contribution in [0.15, 0.2) is 101 Å². The average molecular weight is 591 g/mol. The topological polar surface area (TPSA) is 36.9 Å². The number of para-hydroxylation sites is 1. The van der Waals surface area contributed by atoms with Crippen LogP contribution in [0.25, 0.3) is 33.1 Å². The van der Waals surface area contributed by atoms with Crippen LogP contribution in [0.5, 0.6) is 0 Å². The van der Waals surface area contributed by atoms with Gasteiger partial charge in [-0.1, -0.05) is 110 Å². The third-order valence-corrected chi connectivity index (χ3v) is 14.7. The number of nitrogens with zero attached hydrogens (tertiary/aromatic N) is 1. The molecule has 2 nitrogen and oxygen atoms in total. The molecule has 0 aliphatic heterocycles. The summed E-state index contributed by atoms with van der Waals surface area (Å²) in [6.45, 7) is 6.09. The molecular weight excluding hydrogens is 557 g/mol. The van der Waals surface area contributed by atoms with Gasteiger partial charge < -0.3 is 4.42 Å². The fourth-order valence-electron chi connectivity index (χ4n) is 6.06. The highest BCUT2D eigenvalue weighted by molar-refractivity contribution is 7.11. The highest BCUT2D eigenvalue weighted by Crippen LogP contribution is 2.37. The standard InChI is InChI=1S/C36H31F2NOSi2/c1-23-19-24(15-17-33(23)41(2,3)4)29-13-8-14-30-31-16-18-34(32(22-39)36(31)40-35(29)30)42(5,27-11-6-9-25(37)20-27)28-12-7-10-26(38)21-28/h6-21H,1-5H3/i1D3. The van der Waals surface area contributed by atoms with Crippen molar-refractivity contribution in [2.75, 3.05) is 0 Å². The van der Waals surface area contributed by atoms with Gasteiger partial charge in [0.15, 0.2) is 5.58 Å². The first-order chi connectivity index (χ1) is 21.2. The maximum atomic E-state index is 14.6. The summed E-state index contributed by atoms with van der Waals surface area (Å²) in [7, 11) is -5.08. The fraction of sp³-hybridized carbons (Fsp3) is 0.139. The normalized spacial score (nSPS) is 13.5. The zero-order chi connectivity index (χ0) is 32.3. The molecule has 6 rings (SSSR count). The lowest BCUT2D eigenvalue weighted by atomic mass is 10.0.